The fourth-order valence-corrected chi connectivity index (χ4v) is 2.12. The van der Waals surface area contributed by atoms with Gasteiger partial charge in [0.05, 0.1) is 5.69 Å². The van der Waals surface area contributed by atoms with Gasteiger partial charge in [0.15, 0.2) is 5.69 Å². The van der Waals surface area contributed by atoms with E-state index >= 15 is 0 Å². The number of hydrogen-bond acceptors (Lipinski definition) is 4. The molecule has 0 bridgehead atoms. The molecular formula is C13H20N4O3. The first-order valence-corrected chi connectivity index (χ1v) is 6.81. The second-order valence-corrected chi connectivity index (χ2v) is 5.68. The van der Waals surface area contributed by atoms with Gasteiger partial charge in [0, 0.05) is 13.1 Å². The molecule has 20 heavy (non-hydrogen) atoms. The van der Waals surface area contributed by atoms with Gasteiger partial charge in [-0.3, -0.25) is 4.79 Å². The molecule has 7 heteroatoms. The summed E-state index contributed by atoms with van der Waals surface area (Å²) >= 11 is 0. The van der Waals surface area contributed by atoms with Gasteiger partial charge < -0.3 is 10.0 Å². The van der Waals surface area contributed by atoms with E-state index in [1.807, 2.05) is 13.8 Å². The minimum atomic E-state index is -1.10. The number of amides is 1. The number of carboxylic acid groups (broad SMARTS) is 1. The Morgan fingerprint density at radius 2 is 2.10 bits per heavy atom. The van der Waals surface area contributed by atoms with Crippen molar-refractivity contribution in [1.82, 2.24) is 19.9 Å². The Hall–Kier alpha value is -1.92. The molecule has 1 N–H and O–H groups in total. The second kappa shape index (κ2) is 5.60. The SMILES string of the molecule is CC(C)Cc1c(C(=O)O)nnn1CC(=O)N(C)C1CC1. The molecule has 0 atom stereocenters. The monoisotopic (exact) mass is 280 g/mol. The molecule has 1 saturated carbocycles. The second-order valence-electron chi connectivity index (χ2n) is 5.68. The molecule has 0 spiro atoms. The van der Waals surface area contributed by atoms with Gasteiger partial charge in [-0.2, -0.15) is 0 Å². The summed E-state index contributed by atoms with van der Waals surface area (Å²) in [6.07, 6.45) is 2.62. The molecule has 1 aromatic rings. The van der Waals surface area contributed by atoms with Gasteiger partial charge in [-0.15, -0.1) is 5.10 Å². The number of carbonyl (C=O) groups is 2. The van der Waals surface area contributed by atoms with Crippen molar-refractivity contribution in [2.45, 2.75) is 45.7 Å². The Bertz CT molecular complexity index is 520. The van der Waals surface area contributed by atoms with Crippen LogP contribution in [0.25, 0.3) is 0 Å². The summed E-state index contributed by atoms with van der Waals surface area (Å²) in [5.41, 5.74) is 0.464. The molecule has 0 aliphatic heterocycles. The molecule has 0 radical (unpaired) electrons. The highest BCUT2D eigenvalue weighted by Crippen LogP contribution is 2.25. The fraction of sp³-hybridized carbons (Fsp3) is 0.692. The van der Waals surface area contributed by atoms with Crippen molar-refractivity contribution < 1.29 is 14.7 Å². The predicted octanol–water partition coefficient (Wildman–Crippen LogP) is 0.796. The molecule has 0 unspecified atom stereocenters. The van der Waals surface area contributed by atoms with Gasteiger partial charge >= 0.3 is 5.97 Å². The molecule has 7 nitrogen and oxygen atoms in total. The van der Waals surface area contributed by atoms with E-state index < -0.39 is 5.97 Å². The third-order valence-electron chi connectivity index (χ3n) is 3.41. The van der Waals surface area contributed by atoms with E-state index in [0.717, 1.165) is 12.8 Å². The molecule has 1 heterocycles. The van der Waals surface area contributed by atoms with Crippen molar-refractivity contribution in [2.24, 2.45) is 5.92 Å². The zero-order chi connectivity index (χ0) is 14.9. The Morgan fingerprint density at radius 1 is 1.45 bits per heavy atom. The van der Waals surface area contributed by atoms with Crippen LogP contribution < -0.4 is 0 Å². The lowest BCUT2D eigenvalue weighted by Crippen LogP contribution is -2.33. The summed E-state index contributed by atoms with van der Waals surface area (Å²) in [4.78, 5) is 25.0. The lowest BCUT2D eigenvalue weighted by Gasteiger charge is -2.17. The van der Waals surface area contributed by atoms with Crippen molar-refractivity contribution in [3.63, 3.8) is 0 Å². The van der Waals surface area contributed by atoms with E-state index in [2.05, 4.69) is 10.3 Å². The predicted molar refractivity (Wildman–Crippen MR) is 71.3 cm³/mol. The quantitative estimate of drug-likeness (QED) is 0.832. The summed E-state index contributed by atoms with van der Waals surface area (Å²) in [6, 6.07) is 0.332. The van der Waals surface area contributed by atoms with Crippen molar-refractivity contribution in [3.05, 3.63) is 11.4 Å². The maximum Gasteiger partial charge on any atom is 0.358 e. The molecule has 2 rings (SSSR count). The lowest BCUT2D eigenvalue weighted by molar-refractivity contribution is -0.131. The van der Waals surface area contributed by atoms with E-state index in [0.29, 0.717) is 18.2 Å². The molecule has 0 saturated heterocycles. The van der Waals surface area contributed by atoms with Crippen molar-refractivity contribution >= 4 is 11.9 Å². The van der Waals surface area contributed by atoms with Gasteiger partial charge in [-0.25, -0.2) is 9.48 Å². The van der Waals surface area contributed by atoms with Crippen LogP contribution in [0.3, 0.4) is 0 Å². The van der Waals surface area contributed by atoms with Crippen molar-refractivity contribution in [2.75, 3.05) is 7.05 Å². The Kier molecular flexibility index (Phi) is 4.06. The van der Waals surface area contributed by atoms with Gasteiger partial charge in [-0.05, 0) is 25.2 Å². The molecule has 1 aliphatic carbocycles. The zero-order valence-corrected chi connectivity index (χ0v) is 12.0. The molecule has 1 aliphatic rings. The Labute approximate surface area is 117 Å². The summed E-state index contributed by atoms with van der Waals surface area (Å²) in [5, 5.41) is 16.6. The summed E-state index contributed by atoms with van der Waals surface area (Å²) in [6.45, 7) is 4.03. The maximum atomic E-state index is 12.1. The van der Waals surface area contributed by atoms with E-state index in [4.69, 9.17) is 5.11 Å². The first-order chi connectivity index (χ1) is 9.40. The summed E-state index contributed by atoms with van der Waals surface area (Å²) in [5.74, 6) is -0.893. The normalized spacial score (nSPS) is 14.6. The van der Waals surface area contributed by atoms with Gasteiger partial charge in [0.2, 0.25) is 5.91 Å². The molecule has 1 amide bonds. The minimum Gasteiger partial charge on any atom is -0.476 e. The smallest absolute Gasteiger partial charge is 0.358 e. The van der Waals surface area contributed by atoms with Crippen LogP contribution in [0.4, 0.5) is 0 Å². The standard InChI is InChI=1S/C13H20N4O3/c1-8(2)6-10-12(13(19)20)14-15-17(10)7-11(18)16(3)9-4-5-9/h8-9H,4-7H2,1-3H3,(H,19,20). The molecule has 1 aromatic heterocycles. The van der Waals surface area contributed by atoms with Crippen LogP contribution in [-0.4, -0.2) is 50.0 Å². The number of carbonyl (C=O) groups excluding carboxylic acids is 1. The number of nitrogens with zero attached hydrogens (tertiary/aromatic N) is 4. The topological polar surface area (TPSA) is 88.3 Å². The van der Waals surface area contributed by atoms with Crippen LogP contribution in [0, 0.1) is 5.92 Å². The number of aromatic nitrogens is 3. The number of rotatable bonds is 6. The van der Waals surface area contributed by atoms with Crippen LogP contribution in [-0.2, 0) is 17.8 Å². The van der Waals surface area contributed by atoms with E-state index in [-0.39, 0.29) is 24.1 Å². The summed E-state index contributed by atoms with van der Waals surface area (Å²) < 4.78 is 1.42. The zero-order valence-electron chi connectivity index (χ0n) is 12.0. The van der Waals surface area contributed by atoms with Gasteiger partial charge in [0.25, 0.3) is 0 Å². The highest BCUT2D eigenvalue weighted by Gasteiger charge is 2.30. The van der Waals surface area contributed by atoms with Crippen LogP contribution in [0.1, 0.15) is 42.9 Å². The third kappa shape index (κ3) is 3.15. The number of carboxylic acids is 1. The average molecular weight is 280 g/mol. The number of aromatic carboxylic acids is 1. The maximum absolute atomic E-state index is 12.1. The van der Waals surface area contributed by atoms with E-state index in [1.54, 1.807) is 11.9 Å². The Morgan fingerprint density at radius 3 is 2.60 bits per heavy atom. The van der Waals surface area contributed by atoms with Crippen LogP contribution in [0.2, 0.25) is 0 Å². The lowest BCUT2D eigenvalue weighted by atomic mass is 10.1. The Balaban J connectivity index is 2.17. The molecular weight excluding hydrogens is 260 g/mol. The van der Waals surface area contributed by atoms with Gasteiger partial charge in [0.1, 0.15) is 6.54 Å². The van der Waals surface area contributed by atoms with Crippen LogP contribution in [0.5, 0.6) is 0 Å². The summed E-state index contributed by atoms with van der Waals surface area (Å²) in [7, 11) is 1.77. The van der Waals surface area contributed by atoms with E-state index in [9.17, 15) is 9.59 Å². The fourth-order valence-electron chi connectivity index (χ4n) is 2.12. The minimum absolute atomic E-state index is 0.0509. The first kappa shape index (κ1) is 14.5. The molecule has 110 valence electrons. The van der Waals surface area contributed by atoms with Crippen LogP contribution >= 0.6 is 0 Å². The van der Waals surface area contributed by atoms with Crippen molar-refractivity contribution in [1.29, 1.82) is 0 Å². The van der Waals surface area contributed by atoms with Crippen LogP contribution in [0.15, 0.2) is 0 Å². The van der Waals surface area contributed by atoms with Crippen molar-refractivity contribution in [3.8, 4) is 0 Å². The highest BCUT2D eigenvalue weighted by atomic mass is 16.4. The highest BCUT2D eigenvalue weighted by molar-refractivity contribution is 5.86. The van der Waals surface area contributed by atoms with Gasteiger partial charge in [-0.1, -0.05) is 19.1 Å². The third-order valence-corrected chi connectivity index (χ3v) is 3.41. The number of likely N-dealkylation sites (N-methyl/N-ethyl adjacent to an activating group) is 1. The number of hydrogen-bond donors (Lipinski definition) is 1. The van der Waals surface area contributed by atoms with E-state index in [1.165, 1.54) is 4.68 Å². The average Bonchev–Trinajstić information content (AvgIpc) is 3.13. The first-order valence-electron chi connectivity index (χ1n) is 6.81. The molecule has 0 aromatic carbocycles. The largest absolute Gasteiger partial charge is 0.476 e. The molecule has 1 fully saturated rings.